The van der Waals surface area contributed by atoms with Crippen molar-refractivity contribution in [1.82, 2.24) is 0 Å². The fourth-order valence-electron chi connectivity index (χ4n) is 0. The van der Waals surface area contributed by atoms with Crippen molar-refractivity contribution in [2.75, 3.05) is 0 Å². The zero-order valence-corrected chi connectivity index (χ0v) is 11.5. The predicted octanol–water partition coefficient (Wildman–Crippen LogP) is -3.26. The van der Waals surface area contributed by atoms with Gasteiger partial charge in [0.15, 0.2) is 0 Å². The summed E-state index contributed by atoms with van der Waals surface area (Å²) in [7, 11) is 14.8. The number of hydrogen-bond donors (Lipinski definition) is 0. The molecule has 0 aliphatic heterocycles. The summed E-state index contributed by atoms with van der Waals surface area (Å²) in [5.41, 5.74) is 0. The van der Waals surface area contributed by atoms with Crippen LogP contribution in [-0.4, -0.2) is 44.2 Å². The minimum Gasteiger partial charge on any atom is -0.412 e. The Morgan fingerprint density at radius 3 is 0.545 bits per heavy atom. The van der Waals surface area contributed by atoms with E-state index in [1.54, 1.807) is 0 Å². The first-order valence-electron chi connectivity index (χ1n) is 0.655. The van der Waals surface area contributed by atoms with E-state index in [1.165, 1.54) is 0 Å². The van der Waals surface area contributed by atoms with Gasteiger partial charge in [-0.2, -0.15) is 0 Å². The second kappa shape index (κ2) is 56.1. The molecule has 0 aromatic heterocycles. The van der Waals surface area contributed by atoms with Crippen molar-refractivity contribution in [3.63, 3.8) is 0 Å². The molecule has 0 aromatic rings. The van der Waals surface area contributed by atoms with Crippen LogP contribution in [0.2, 0.25) is 0 Å². The van der Waals surface area contributed by atoms with Crippen LogP contribution in [0.4, 0.5) is 0 Å². The second-order valence-electron chi connectivity index (χ2n) is 0.247. The minimum absolute atomic E-state index is 0. The molecule has 1 radical (unpaired) electrons. The van der Waals surface area contributed by atoms with Gasteiger partial charge in [0.25, 0.3) is 0 Å². The Hall–Kier alpha value is 2.27. The number of halogens is 3. The summed E-state index contributed by atoms with van der Waals surface area (Å²) < 4.78 is 0. The Kier molecular flexibility index (Phi) is 367. The molecular weight excluding hydrogens is 318 g/mol. The van der Waals surface area contributed by atoms with Gasteiger partial charge >= 0.3 is 11.4 Å². The largest absolute Gasteiger partial charge is 0.643 e. The molecule has 0 aromatic carbocycles. The molecule has 11 heteroatoms. The van der Waals surface area contributed by atoms with Crippen LogP contribution in [0.3, 0.4) is 0 Å². The van der Waals surface area contributed by atoms with E-state index in [-0.39, 0.29) is 65.6 Å². The van der Waals surface area contributed by atoms with E-state index in [0.717, 1.165) is 0 Å². The maximum atomic E-state index is 4.94. The smallest absolute Gasteiger partial charge is 0.412 e. The second-order valence-corrected chi connectivity index (χ2v) is 6.68. The van der Waals surface area contributed by atoms with Gasteiger partial charge in [0, 0.05) is 32.7 Å². The van der Waals surface area contributed by atoms with E-state index in [2.05, 4.69) is 0 Å². The molecule has 0 amide bonds. The van der Waals surface area contributed by atoms with Crippen molar-refractivity contribution < 1.29 is 65.6 Å². The topological polar surface area (TPSA) is 189 Å². The van der Waals surface area contributed by atoms with Crippen LogP contribution in [0.15, 0.2) is 0 Å². The van der Waals surface area contributed by atoms with Crippen molar-refractivity contribution in [1.29, 1.82) is 0 Å². The summed E-state index contributed by atoms with van der Waals surface area (Å²) in [4.78, 5) is 0. The molecule has 0 bridgehead atoms. The fraction of sp³-hybridized carbons (Fsp3) is 0. The molecule has 0 aliphatic rings. The normalized spacial score (nSPS) is 2.45. The van der Waals surface area contributed by atoms with Gasteiger partial charge < -0.3 is 32.9 Å². The Morgan fingerprint density at radius 2 is 0.545 bits per heavy atom. The van der Waals surface area contributed by atoms with Gasteiger partial charge in [-0.3, -0.25) is 0 Å². The van der Waals surface area contributed by atoms with Crippen LogP contribution < -0.4 is 0 Å². The van der Waals surface area contributed by atoms with Crippen LogP contribution in [0.5, 0.6) is 0 Å². The molecule has 0 atom stereocenters. The first-order valence-corrected chi connectivity index (χ1v) is 5.89. The first kappa shape index (κ1) is 72.0. The van der Waals surface area contributed by atoms with Crippen molar-refractivity contribution in [2.24, 2.45) is 0 Å². The molecule has 75 valence electrons. The van der Waals surface area contributed by atoms with E-state index in [1.807, 2.05) is 0 Å². The van der Waals surface area contributed by atoms with Crippen LogP contribution >= 0.6 is 30.1 Å². The zero-order valence-electron chi connectivity index (χ0n) is 5.29. The van der Waals surface area contributed by atoms with Gasteiger partial charge in [-0.25, -0.2) is 30.1 Å². The molecule has 0 saturated carbocycles. The van der Waals surface area contributed by atoms with Gasteiger partial charge in [0.1, 0.15) is 0 Å². The Labute approximate surface area is 106 Å². The monoisotopic (exact) mass is 329 g/mol. The van der Waals surface area contributed by atoms with E-state index in [9.17, 15) is 0 Å². The van der Waals surface area contributed by atoms with Gasteiger partial charge in [-0.15, -0.1) is 0 Å². The maximum Gasteiger partial charge on any atom is 0.643 e. The predicted molar refractivity (Wildman–Crippen MR) is 45.0 cm³/mol. The molecule has 0 saturated heterocycles. The molecule has 0 spiro atoms. The van der Waals surface area contributed by atoms with E-state index in [4.69, 9.17) is 30.1 Å². The summed E-state index contributed by atoms with van der Waals surface area (Å²) in [5.74, 6) is 0. The number of rotatable bonds is 0. The summed E-state index contributed by atoms with van der Waals surface area (Å²) in [6.45, 7) is 0. The quantitative estimate of drug-likeness (QED) is 0.403. The standard InChI is InChI=1S/Al.3ClH.6H2O.Y/h;3*1H;6*1H2;/q+3;;;;;;;;;;/p-3. The van der Waals surface area contributed by atoms with Crippen molar-refractivity contribution >= 4 is 41.5 Å². The SMILES string of the molecule is O.O.O.O.O.O.[Cl][Al]([Cl])[Cl].[Y]. The molecular formula is H12AlCl3O6Y. The van der Waals surface area contributed by atoms with Crippen LogP contribution in [0, 0.1) is 0 Å². The van der Waals surface area contributed by atoms with Gasteiger partial charge in [0.05, 0.1) is 0 Å². The average molecular weight is 330 g/mol. The molecule has 0 unspecified atom stereocenters. The van der Waals surface area contributed by atoms with Crippen LogP contribution in [0.25, 0.3) is 0 Å². The average Bonchev–Trinajstić information content (AvgIpc) is 0.811. The fourth-order valence-corrected chi connectivity index (χ4v) is 0. The van der Waals surface area contributed by atoms with E-state index < -0.39 is 11.4 Å². The molecule has 0 rings (SSSR count). The Balaban J connectivity index is -0.00000000214. The van der Waals surface area contributed by atoms with Crippen molar-refractivity contribution in [3.8, 4) is 0 Å². The summed E-state index contributed by atoms with van der Waals surface area (Å²) in [6.07, 6.45) is 0. The maximum absolute atomic E-state index is 4.94. The van der Waals surface area contributed by atoms with Gasteiger partial charge in [-0.05, 0) is 0 Å². The molecule has 6 nitrogen and oxygen atoms in total. The third kappa shape index (κ3) is 252. The molecule has 0 fully saturated rings. The van der Waals surface area contributed by atoms with Crippen molar-refractivity contribution in [2.45, 2.75) is 0 Å². The first-order chi connectivity index (χ1) is 1.73. The van der Waals surface area contributed by atoms with Crippen LogP contribution in [0.1, 0.15) is 0 Å². The molecule has 0 heterocycles. The summed E-state index contributed by atoms with van der Waals surface area (Å²) >= 11 is -1.72. The zero-order chi connectivity index (χ0) is 3.58. The molecule has 0 aliphatic carbocycles. The van der Waals surface area contributed by atoms with Gasteiger partial charge in [-0.1, -0.05) is 0 Å². The third-order valence-corrected chi connectivity index (χ3v) is 0. The Bertz CT molecular complexity index is 22.5. The molecule has 11 heavy (non-hydrogen) atoms. The van der Waals surface area contributed by atoms with Crippen LogP contribution in [-0.2, 0) is 32.7 Å². The Morgan fingerprint density at radius 1 is 0.545 bits per heavy atom. The minimum atomic E-state index is -1.72. The molecule has 12 N–H and O–H groups in total. The third-order valence-electron chi connectivity index (χ3n) is 0. The number of hydrogen-bond acceptors (Lipinski definition) is 0. The summed E-state index contributed by atoms with van der Waals surface area (Å²) in [6, 6.07) is 0. The summed E-state index contributed by atoms with van der Waals surface area (Å²) in [5, 5.41) is 0. The van der Waals surface area contributed by atoms with E-state index in [0.29, 0.717) is 0 Å². The van der Waals surface area contributed by atoms with E-state index >= 15 is 0 Å². The van der Waals surface area contributed by atoms with Gasteiger partial charge in [0.2, 0.25) is 0 Å². The van der Waals surface area contributed by atoms with Crippen molar-refractivity contribution in [3.05, 3.63) is 0 Å².